The zero-order valence-electron chi connectivity index (χ0n) is 12.4. The molecule has 6 heteroatoms. The summed E-state index contributed by atoms with van der Waals surface area (Å²) >= 11 is 3.48. The number of hydrogen-bond acceptors (Lipinski definition) is 5. The Kier molecular flexibility index (Phi) is 5.38. The van der Waals surface area contributed by atoms with E-state index in [4.69, 9.17) is 4.74 Å². The number of nitrogens with zero attached hydrogens (tertiary/aromatic N) is 2. The molecule has 1 aromatic heterocycles. The molecule has 0 aliphatic rings. The smallest absolute Gasteiger partial charge is 0.138 e. The van der Waals surface area contributed by atoms with Crippen molar-refractivity contribution in [2.45, 2.75) is 20.3 Å². The molecule has 0 saturated heterocycles. The normalized spacial score (nSPS) is 10.3. The highest BCUT2D eigenvalue weighted by Gasteiger charge is 2.08. The maximum absolute atomic E-state index is 5.23. The number of aromatic nitrogens is 2. The Balaban J connectivity index is 2.21. The fraction of sp³-hybridized carbons (Fsp3) is 0.333. The molecule has 5 nitrogen and oxygen atoms in total. The maximum atomic E-state index is 5.23. The predicted molar refractivity (Wildman–Crippen MR) is 89.5 cm³/mol. The minimum Gasteiger partial charge on any atom is -0.496 e. The van der Waals surface area contributed by atoms with Crippen molar-refractivity contribution in [1.82, 2.24) is 9.97 Å². The third-order valence-corrected chi connectivity index (χ3v) is 3.66. The van der Waals surface area contributed by atoms with Gasteiger partial charge in [0, 0.05) is 17.8 Å². The van der Waals surface area contributed by atoms with Crippen LogP contribution < -0.4 is 15.4 Å². The predicted octanol–water partition coefficient (Wildman–Crippen LogP) is 4.12. The number of nitrogens with one attached hydrogen (secondary N) is 2. The average molecular weight is 351 g/mol. The molecule has 0 spiro atoms. The Morgan fingerprint density at radius 3 is 2.67 bits per heavy atom. The first kappa shape index (κ1) is 15.6. The highest BCUT2D eigenvalue weighted by molar-refractivity contribution is 9.10. The molecule has 21 heavy (non-hydrogen) atoms. The van der Waals surface area contributed by atoms with Gasteiger partial charge in [0.05, 0.1) is 11.6 Å². The standard InChI is InChI=1S/C15H19BrN4O/c1-4-7-17-14-10(2)15(19-9-18-14)20-11-5-6-13(21-3)12(16)8-11/h5-6,8-9H,4,7H2,1-3H3,(H2,17,18,19,20). The van der Waals surface area contributed by atoms with E-state index in [1.165, 1.54) is 0 Å². The van der Waals surface area contributed by atoms with Gasteiger partial charge in [-0.3, -0.25) is 0 Å². The Hall–Kier alpha value is -1.82. The van der Waals surface area contributed by atoms with Crippen LogP contribution in [0.1, 0.15) is 18.9 Å². The van der Waals surface area contributed by atoms with Gasteiger partial charge in [-0.25, -0.2) is 9.97 Å². The second-order valence-electron chi connectivity index (χ2n) is 4.60. The van der Waals surface area contributed by atoms with Crippen LogP contribution in [0.2, 0.25) is 0 Å². The van der Waals surface area contributed by atoms with E-state index in [2.05, 4.69) is 43.5 Å². The van der Waals surface area contributed by atoms with Crippen LogP contribution >= 0.6 is 15.9 Å². The molecule has 0 bridgehead atoms. The summed E-state index contributed by atoms with van der Waals surface area (Å²) in [7, 11) is 1.65. The third-order valence-electron chi connectivity index (χ3n) is 3.04. The maximum Gasteiger partial charge on any atom is 0.138 e. The van der Waals surface area contributed by atoms with E-state index in [1.807, 2.05) is 25.1 Å². The lowest BCUT2D eigenvalue weighted by Gasteiger charge is -2.13. The van der Waals surface area contributed by atoms with Crippen molar-refractivity contribution >= 4 is 33.3 Å². The molecule has 2 aromatic rings. The van der Waals surface area contributed by atoms with Crippen LogP contribution in [-0.4, -0.2) is 23.6 Å². The molecule has 0 fully saturated rings. The monoisotopic (exact) mass is 350 g/mol. The minimum absolute atomic E-state index is 0.792. The summed E-state index contributed by atoms with van der Waals surface area (Å²) in [6.07, 6.45) is 2.61. The van der Waals surface area contributed by atoms with E-state index < -0.39 is 0 Å². The lowest BCUT2D eigenvalue weighted by atomic mass is 10.2. The van der Waals surface area contributed by atoms with E-state index in [1.54, 1.807) is 13.4 Å². The van der Waals surface area contributed by atoms with Crippen LogP contribution in [-0.2, 0) is 0 Å². The van der Waals surface area contributed by atoms with Crippen molar-refractivity contribution in [3.05, 3.63) is 34.6 Å². The largest absolute Gasteiger partial charge is 0.496 e. The molecular formula is C15H19BrN4O. The summed E-state index contributed by atoms with van der Waals surface area (Å²) in [5.41, 5.74) is 1.93. The number of anilines is 3. The first-order chi connectivity index (χ1) is 10.2. The number of ether oxygens (including phenoxy) is 1. The zero-order valence-corrected chi connectivity index (χ0v) is 14.0. The average Bonchev–Trinajstić information content (AvgIpc) is 2.48. The Bertz CT molecular complexity index is 619. The van der Waals surface area contributed by atoms with Gasteiger partial charge in [-0.05, 0) is 47.5 Å². The molecule has 1 heterocycles. The molecule has 0 amide bonds. The van der Waals surface area contributed by atoms with Gasteiger partial charge >= 0.3 is 0 Å². The molecule has 0 aliphatic carbocycles. The van der Waals surface area contributed by atoms with Gasteiger partial charge in [0.1, 0.15) is 23.7 Å². The van der Waals surface area contributed by atoms with E-state index in [-0.39, 0.29) is 0 Å². The summed E-state index contributed by atoms with van der Waals surface area (Å²) < 4.78 is 6.12. The summed E-state index contributed by atoms with van der Waals surface area (Å²) in [6, 6.07) is 5.81. The minimum atomic E-state index is 0.792. The fourth-order valence-corrected chi connectivity index (χ4v) is 2.42. The van der Waals surface area contributed by atoms with Gasteiger partial charge in [-0.1, -0.05) is 6.92 Å². The second-order valence-corrected chi connectivity index (χ2v) is 5.45. The van der Waals surface area contributed by atoms with Crippen LogP contribution in [0.25, 0.3) is 0 Å². The van der Waals surface area contributed by atoms with Crippen molar-refractivity contribution in [2.75, 3.05) is 24.3 Å². The Labute approximate surface area is 133 Å². The van der Waals surface area contributed by atoms with Gasteiger partial charge in [0.2, 0.25) is 0 Å². The van der Waals surface area contributed by atoms with Crippen LogP contribution in [0.5, 0.6) is 5.75 Å². The van der Waals surface area contributed by atoms with Crippen molar-refractivity contribution in [3.8, 4) is 5.75 Å². The molecule has 112 valence electrons. The lowest BCUT2D eigenvalue weighted by Crippen LogP contribution is -2.06. The third kappa shape index (κ3) is 3.85. The highest BCUT2D eigenvalue weighted by atomic mass is 79.9. The SMILES string of the molecule is CCCNc1ncnc(Nc2ccc(OC)c(Br)c2)c1C. The van der Waals surface area contributed by atoms with Crippen LogP contribution in [0.4, 0.5) is 17.3 Å². The van der Waals surface area contributed by atoms with Crippen LogP contribution in [0.3, 0.4) is 0 Å². The molecule has 0 atom stereocenters. The van der Waals surface area contributed by atoms with E-state index in [9.17, 15) is 0 Å². The highest BCUT2D eigenvalue weighted by Crippen LogP contribution is 2.30. The van der Waals surface area contributed by atoms with Crippen LogP contribution in [0, 0.1) is 6.92 Å². The molecule has 0 aliphatic heterocycles. The molecule has 0 radical (unpaired) electrons. The van der Waals surface area contributed by atoms with Crippen molar-refractivity contribution < 1.29 is 4.74 Å². The van der Waals surface area contributed by atoms with Gasteiger partial charge < -0.3 is 15.4 Å². The van der Waals surface area contributed by atoms with Gasteiger partial charge in [0.15, 0.2) is 0 Å². The number of rotatable bonds is 6. The second kappa shape index (κ2) is 7.26. The molecule has 2 N–H and O–H groups in total. The summed E-state index contributed by atoms with van der Waals surface area (Å²) in [6.45, 7) is 5.02. The zero-order chi connectivity index (χ0) is 15.2. The molecule has 0 saturated carbocycles. The van der Waals surface area contributed by atoms with Gasteiger partial charge in [0.25, 0.3) is 0 Å². The van der Waals surface area contributed by atoms with Crippen molar-refractivity contribution in [3.63, 3.8) is 0 Å². The summed E-state index contributed by atoms with van der Waals surface area (Å²) in [5.74, 6) is 2.45. The van der Waals surface area contributed by atoms with Crippen molar-refractivity contribution in [1.29, 1.82) is 0 Å². The van der Waals surface area contributed by atoms with E-state index in [0.717, 1.165) is 46.1 Å². The number of benzene rings is 1. The Morgan fingerprint density at radius 1 is 1.24 bits per heavy atom. The topological polar surface area (TPSA) is 59.1 Å². The molecule has 0 unspecified atom stereocenters. The van der Waals surface area contributed by atoms with Crippen molar-refractivity contribution in [2.24, 2.45) is 0 Å². The number of halogens is 1. The van der Waals surface area contributed by atoms with Gasteiger partial charge in [-0.15, -0.1) is 0 Å². The Morgan fingerprint density at radius 2 is 2.00 bits per heavy atom. The first-order valence-corrected chi connectivity index (χ1v) is 7.61. The summed E-state index contributed by atoms with van der Waals surface area (Å²) in [5, 5.41) is 6.60. The lowest BCUT2D eigenvalue weighted by molar-refractivity contribution is 0.412. The molecule has 2 rings (SSSR count). The van der Waals surface area contributed by atoms with Crippen LogP contribution in [0.15, 0.2) is 29.0 Å². The number of methoxy groups -OCH3 is 1. The van der Waals surface area contributed by atoms with E-state index in [0.29, 0.717) is 0 Å². The van der Waals surface area contributed by atoms with E-state index >= 15 is 0 Å². The molecule has 1 aromatic carbocycles. The molecular weight excluding hydrogens is 332 g/mol. The quantitative estimate of drug-likeness (QED) is 0.820. The summed E-state index contributed by atoms with van der Waals surface area (Å²) in [4.78, 5) is 8.58. The van der Waals surface area contributed by atoms with Gasteiger partial charge in [-0.2, -0.15) is 0 Å². The number of hydrogen-bond donors (Lipinski definition) is 2. The fourth-order valence-electron chi connectivity index (χ4n) is 1.88. The first-order valence-electron chi connectivity index (χ1n) is 6.81.